The molecule has 0 aromatic heterocycles. The van der Waals surface area contributed by atoms with Crippen LogP contribution >= 0.6 is 11.6 Å². The lowest BCUT2D eigenvalue weighted by atomic mass is 10.0. The van der Waals surface area contributed by atoms with Gasteiger partial charge in [0.05, 0.1) is 33.2 Å². The zero-order chi connectivity index (χ0) is 18.2. The Morgan fingerprint density at radius 3 is 2.26 bits per heavy atom. The third-order valence-electron chi connectivity index (χ3n) is 3.08. The van der Waals surface area contributed by atoms with Crippen molar-refractivity contribution in [2.24, 2.45) is 0 Å². The van der Waals surface area contributed by atoms with Crippen molar-refractivity contribution in [3.8, 4) is 0 Å². The molecule has 9 heteroatoms. The Balaban J connectivity index is 3.73. The Kier molecular flexibility index (Phi) is 5.45. The molecule has 0 spiro atoms. The molecule has 0 heterocycles. The molecule has 1 aromatic carbocycles. The Hall–Kier alpha value is -1.64. The van der Waals surface area contributed by atoms with E-state index in [0.717, 1.165) is 12.3 Å². The average Bonchev–Trinajstić information content (AvgIpc) is 2.38. The molecule has 1 aromatic rings. The van der Waals surface area contributed by atoms with Gasteiger partial charge in [-0.3, -0.25) is 4.79 Å². The van der Waals surface area contributed by atoms with Crippen LogP contribution in [0.3, 0.4) is 0 Å². The predicted molar refractivity (Wildman–Crippen MR) is 84.9 cm³/mol. The third-order valence-corrected chi connectivity index (χ3v) is 4.74. The number of hydrogen-bond donors (Lipinski definition) is 3. The number of aliphatic hydroxyl groups is 1. The number of rotatable bonds is 5. The van der Waals surface area contributed by atoms with Gasteiger partial charge >= 0.3 is 5.97 Å². The second kappa shape index (κ2) is 6.46. The molecule has 0 aliphatic heterocycles. The van der Waals surface area contributed by atoms with Gasteiger partial charge in [-0.2, -0.15) is 0 Å². The van der Waals surface area contributed by atoms with Crippen molar-refractivity contribution in [2.75, 3.05) is 12.9 Å². The van der Waals surface area contributed by atoms with Crippen LogP contribution in [0.1, 0.15) is 40.1 Å². The molecule has 1 amide bonds. The maximum absolute atomic E-state index is 12.5. The minimum Gasteiger partial charge on any atom is -0.478 e. The minimum absolute atomic E-state index is 0.0984. The Bertz CT molecular complexity index is 770. The number of carbonyl (C=O) groups is 2. The predicted octanol–water partition coefficient (Wildman–Crippen LogP) is 1.25. The number of benzene rings is 1. The van der Waals surface area contributed by atoms with Crippen LogP contribution in [0.4, 0.5) is 0 Å². The fourth-order valence-electron chi connectivity index (χ4n) is 2.02. The van der Waals surface area contributed by atoms with E-state index in [1.165, 1.54) is 20.8 Å². The van der Waals surface area contributed by atoms with Crippen molar-refractivity contribution in [2.45, 2.75) is 31.2 Å². The van der Waals surface area contributed by atoms with Crippen LogP contribution in [0.2, 0.25) is 5.02 Å². The quantitative estimate of drug-likeness (QED) is 0.724. The van der Waals surface area contributed by atoms with Crippen molar-refractivity contribution in [3.05, 3.63) is 27.8 Å². The van der Waals surface area contributed by atoms with Crippen LogP contribution in [0.15, 0.2) is 11.0 Å². The molecule has 0 radical (unpaired) electrons. The largest absolute Gasteiger partial charge is 0.478 e. The third kappa shape index (κ3) is 4.21. The van der Waals surface area contributed by atoms with Gasteiger partial charge in [-0.1, -0.05) is 11.6 Å². The number of aryl methyl sites for hydroxylation is 1. The van der Waals surface area contributed by atoms with Gasteiger partial charge in [0.2, 0.25) is 0 Å². The van der Waals surface area contributed by atoms with E-state index in [9.17, 15) is 23.1 Å². The van der Waals surface area contributed by atoms with Crippen molar-refractivity contribution in [1.82, 2.24) is 5.32 Å². The summed E-state index contributed by atoms with van der Waals surface area (Å²) in [6.45, 7) is 4.02. The summed E-state index contributed by atoms with van der Waals surface area (Å²) in [4.78, 5) is 23.4. The number of carboxylic acid groups (broad SMARTS) is 1. The monoisotopic (exact) mass is 363 g/mol. The average molecular weight is 364 g/mol. The van der Waals surface area contributed by atoms with Crippen LogP contribution in [-0.4, -0.2) is 48.9 Å². The lowest BCUT2D eigenvalue weighted by Crippen LogP contribution is -2.46. The molecule has 23 heavy (non-hydrogen) atoms. The van der Waals surface area contributed by atoms with Crippen molar-refractivity contribution in [1.29, 1.82) is 0 Å². The van der Waals surface area contributed by atoms with Gasteiger partial charge in [-0.05, 0) is 32.4 Å². The molecule has 0 saturated heterocycles. The summed E-state index contributed by atoms with van der Waals surface area (Å²) in [7, 11) is -3.84. The Morgan fingerprint density at radius 1 is 1.35 bits per heavy atom. The van der Waals surface area contributed by atoms with E-state index in [4.69, 9.17) is 16.7 Å². The molecule has 0 aliphatic carbocycles. The number of aromatic carboxylic acids is 1. The van der Waals surface area contributed by atoms with E-state index >= 15 is 0 Å². The number of halogens is 1. The summed E-state index contributed by atoms with van der Waals surface area (Å²) < 4.78 is 24.0. The second-order valence-corrected chi connectivity index (χ2v) is 8.16. The first-order chi connectivity index (χ1) is 10.3. The molecular formula is C14H18ClNO6S. The van der Waals surface area contributed by atoms with Crippen LogP contribution in [0.5, 0.6) is 0 Å². The summed E-state index contributed by atoms with van der Waals surface area (Å²) >= 11 is 5.99. The van der Waals surface area contributed by atoms with Crippen molar-refractivity contribution < 1.29 is 28.2 Å². The highest BCUT2D eigenvalue weighted by molar-refractivity contribution is 7.90. The molecule has 0 saturated carbocycles. The van der Waals surface area contributed by atoms with Gasteiger partial charge in [-0.25, -0.2) is 13.2 Å². The highest BCUT2D eigenvalue weighted by atomic mass is 35.5. The van der Waals surface area contributed by atoms with Crippen LogP contribution in [0.25, 0.3) is 0 Å². The molecule has 1 rings (SSSR count). The maximum Gasteiger partial charge on any atom is 0.337 e. The van der Waals surface area contributed by atoms with Crippen LogP contribution in [-0.2, 0) is 9.84 Å². The molecule has 0 aliphatic rings. The molecule has 128 valence electrons. The standard InChI is InChI=1S/C14H18ClNO6S/c1-7-5-8(13(19)20)10(15)9(11(7)23(4,21)22)12(18)16-14(2,3)6-17/h5,17H,6H2,1-4H3,(H,16,18)(H,19,20). The van der Waals surface area contributed by atoms with E-state index in [0.29, 0.717) is 0 Å². The van der Waals surface area contributed by atoms with Crippen molar-refractivity contribution >= 4 is 33.3 Å². The number of amides is 1. The number of aliphatic hydroxyl groups excluding tert-OH is 1. The highest BCUT2D eigenvalue weighted by Crippen LogP contribution is 2.31. The van der Waals surface area contributed by atoms with E-state index in [2.05, 4.69) is 5.32 Å². The van der Waals surface area contributed by atoms with Gasteiger partial charge in [0.25, 0.3) is 5.91 Å². The fraction of sp³-hybridized carbons (Fsp3) is 0.429. The Labute approximate surface area is 139 Å². The number of carboxylic acids is 1. The van der Waals surface area contributed by atoms with Gasteiger partial charge in [0.15, 0.2) is 9.84 Å². The Morgan fingerprint density at radius 2 is 1.87 bits per heavy atom. The normalized spacial score (nSPS) is 12.1. The lowest BCUT2D eigenvalue weighted by molar-refractivity contribution is 0.0697. The van der Waals surface area contributed by atoms with E-state index in [-0.39, 0.29) is 16.0 Å². The summed E-state index contributed by atoms with van der Waals surface area (Å²) in [5.41, 5.74) is -1.75. The smallest absolute Gasteiger partial charge is 0.337 e. The van der Waals surface area contributed by atoms with Gasteiger partial charge < -0.3 is 15.5 Å². The molecular weight excluding hydrogens is 346 g/mol. The van der Waals surface area contributed by atoms with E-state index in [1.807, 2.05) is 0 Å². The summed E-state index contributed by atoms with van der Waals surface area (Å²) in [5, 5.41) is 20.4. The molecule has 7 nitrogen and oxygen atoms in total. The summed E-state index contributed by atoms with van der Waals surface area (Å²) in [5.74, 6) is -2.26. The summed E-state index contributed by atoms with van der Waals surface area (Å²) in [6.07, 6.45) is 0.903. The van der Waals surface area contributed by atoms with E-state index < -0.39 is 44.4 Å². The first-order valence-electron chi connectivity index (χ1n) is 6.51. The SMILES string of the molecule is Cc1cc(C(=O)O)c(Cl)c(C(=O)NC(C)(C)CO)c1S(C)(=O)=O. The van der Waals surface area contributed by atoms with Crippen LogP contribution in [0, 0.1) is 6.92 Å². The second-order valence-electron chi connectivity index (χ2n) is 5.83. The fourth-order valence-corrected chi connectivity index (χ4v) is 3.60. The van der Waals surface area contributed by atoms with Crippen molar-refractivity contribution in [3.63, 3.8) is 0 Å². The topological polar surface area (TPSA) is 121 Å². The first kappa shape index (κ1) is 19.4. The zero-order valence-electron chi connectivity index (χ0n) is 13.1. The number of hydrogen-bond acceptors (Lipinski definition) is 5. The van der Waals surface area contributed by atoms with Gasteiger partial charge in [-0.15, -0.1) is 0 Å². The van der Waals surface area contributed by atoms with Crippen LogP contribution < -0.4 is 5.32 Å². The maximum atomic E-state index is 12.5. The zero-order valence-corrected chi connectivity index (χ0v) is 14.7. The molecule has 0 bridgehead atoms. The van der Waals surface area contributed by atoms with E-state index in [1.54, 1.807) is 0 Å². The number of carbonyl (C=O) groups excluding carboxylic acids is 1. The summed E-state index contributed by atoms with van der Waals surface area (Å²) in [6, 6.07) is 1.11. The minimum atomic E-state index is -3.84. The van der Waals surface area contributed by atoms with Gasteiger partial charge in [0.1, 0.15) is 0 Å². The van der Waals surface area contributed by atoms with Gasteiger partial charge in [0, 0.05) is 6.26 Å². The number of sulfone groups is 1. The molecule has 0 atom stereocenters. The molecule has 0 fully saturated rings. The lowest BCUT2D eigenvalue weighted by Gasteiger charge is -2.25. The molecule has 3 N–H and O–H groups in total. The highest BCUT2D eigenvalue weighted by Gasteiger charge is 2.31. The first-order valence-corrected chi connectivity index (χ1v) is 8.78. The molecule has 0 unspecified atom stereocenters. The number of nitrogens with one attached hydrogen (secondary N) is 1.